The Bertz CT molecular complexity index is 628. The van der Waals surface area contributed by atoms with Crippen molar-refractivity contribution in [2.45, 2.75) is 10.9 Å². The normalized spacial score (nSPS) is 11.6. The lowest BCUT2D eigenvalue weighted by Crippen LogP contribution is -2.07. The van der Waals surface area contributed by atoms with Gasteiger partial charge in [0.25, 0.3) is 0 Å². The molecule has 0 bridgehead atoms. The van der Waals surface area contributed by atoms with Crippen LogP contribution in [0.5, 0.6) is 0 Å². The van der Waals surface area contributed by atoms with E-state index in [2.05, 4.69) is 31.1 Å². The molecule has 2 rings (SSSR count). The van der Waals surface area contributed by atoms with Crippen molar-refractivity contribution in [2.24, 2.45) is 0 Å². The molecular weight excluding hydrogens is 330 g/mol. The Morgan fingerprint density at radius 1 is 1.41 bits per heavy atom. The van der Waals surface area contributed by atoms with E-state index < -0.39 is 9.84 Å². The Balaban J connectivity index is 2.33. The third-order valence-electron chi connectivity index (χ3n) is 2.05. The summed E-state index contributed by atoms with van der Waals surface area (Å²) in [5.41, 5.74) is 0.520. The molecule has 1 aromatic heterocycles. The lowest BCUT2D eigenvalue weighted by molar-refractivity contribution is 0.587. The first-order valence-corrected chi connectivity index (χ1v) is 7.33. The SMILES string of the molecule is O=S(=O)(Cc1ccc(Br)cc1Cl)c1ncn[nH]1. The number of hydrogen-bond donors (Lipinski definition) is 1. The molecule has 1 heterocycles. The zero-order chi connectivity index (χ0) is 12.5. The van der Waals surface area contributed by atoms with Crippen LogP contribution in [-0.4, -0.2) is 23.6 Å². The number of nitrogens with zero attached hydrogens (tertiary/aromatic N) is 2. The number of nitrogens with one attached hydrogen (secondary N) is 1. The van der Waals surface area contributed by atoms with Crippen molar-refractivity contribution in [3.8, 4) is 0 Å². The number of rotatable bonds is 3. The Labute approximate surface area is 111 Å². The highest BCUT2D eigenvalue weighted by Gasteiger charge is 2.19. The van der Waals surface area contributed by atoms with Crippen LogP contribution < -0.4 is 0 Å². The van der Waals surface area contributed by atoms with Gasteiger partial charge >= 0.3 is 0 Å². The van der Waals surface area contributed by atoms with E-state index in [4.69, 9.17) is 11.6 Å². The molecule has 17 heavy (non-hydrogen) atoms. The fraction of sp³-hybridized carbons (Fsp3) is 0.111. The van der Waals surface area contributed by atoms with E-state index in [1.165, 1.54) is 0 Å². The molecule has 5 nitrogen and oxygen atoms in total. The Morgan fingerprint density at radius 2 is 2.18 bits per heavy atom. The van der Waals surface area contributed by atoms with Crippen LogP contribution in [0.3, 0.4) is 0 Å². The predicted molar refractivity (Wildman–Crippen MR) is 66.4 cm³/mol. The van der Waals surface area contributed by atoms with Crippen molar-refractivity contribution in [3.05, 3.63) is 39.6 Å². The van der Waals surface area contributed by atoms with E-state index >= 15 is 0 Å². The van der Waals surface area contributed by atoms with Crippen LogP contribution in [0.4, 0.5) is 0 Å². The van der Waals surface area contributed by atoms with Gasteiger partial charge in [-0.15, -0.1) is 0 Å². The molecule has 1 N–H and O–H groups in total. The fourth-order valence-electron chi connectivity index (χ4n) is 1.26. The van der Waals surface area contributed by atoms with Crippen LogP contribution >= 0.6 is 27.5 Å². The smallest absolute Gasteiger partial charge is 0.243 e. The molecule has 0 aliphatic rings. The molecule has 0 spiro atoms. The highest BCUT2D eigenvalue weighted by atomic mass is 79.9. The van der Waals surface area contributed by atoms with E-state index in [1.807, 2.05) is 0 Å². The molecule has 0 aliphatic carbocycles. The van der Waals surface area contributed by atoms with Gasteiger partial charge in [-0.1, -0.05) is 33.6 Å². The van der Waals surface area contributed by atoms with Crippen molar-refractivity contribution in [1.29, 1.82) is 0 Å². The van der Waals surface area contributed by atoms with Crippen LogP contribution in [0.2, 0.25) is 5.02 Å². The standard InChI is InChI=1S/C9H7BrClN3O2S/c10-7-2-1-6(8(11)3-7)4-17(15,16)9-12-5-13-14-9/h1-3,5H,4H2,(H,12,13,14). The highest BCUT2D eigenvalue weighted by Crippen LogP contribution is 2.24. The summed E-state index contributed by atoms with van der Waals surface area (Å²) < 4.78 is 24.6. The van der Waals surface area contributed by atoms with Crippen molar-refractivity contribution in [2.75, 3.05) is 0 Å². The van der Waals surface area contributed by atoms with Gasteiger partial charge in [0, 0.05) is 9.50 Å². The Morgan fingerprint density at radius 3 is 2.76 bits per heavy atom. The minimum Gasteiger partial charge on any atom is -0.250 e. The van der Waals surface area contributed by atoms with Crippen LogP contribution in [-0.2, 0) is 15.6 Å². The first-order chi connectivity index (χ1) is 7.99. The number of benzene rings is 1. The van der Waals surface area contributed by atoms with Gasteiger partial charge in [-0.3, -0.25) is 5.10 Å². The number of aromatic amines is 1. The van der Waals surface area contributed by atoms with E-state index in [0.29, 0.717) is 10.6 Å². The van der Waals surface area contributed by atoms with Crippen molar-refractivity contribution >= 4 is 37.4 Å². The summed E-state index contributed by atoms with van der Waals surface area (Å²) in [6, 6.07) is 5.03. The van der Waals surface area contributed by atoms with Crippen molar-refractivity contribution in [3.63, 3.8) is 0 Å². The van der Waals surface area contributed by atoms with Crippen molar-refractivity contribution in [1.82, 2.24) is 15.2 Å². The minimum atomic E-state index is -3.53. The molecule has 90 valence electrons. The fourth-order valence-corrected chi connectivity index (χ4v) is 3.27. The second kappa shape index (κ2) is 4.75. The average molecular weight is 337 g/mol. The maximum Gasteiger partial charge on any atom is 0.243 e. The molecule has 0 saturated heterocycles. The lowest BCUT2D eigenvalue weighted by atomic mass is 10.2. The molecule has 0 amide bonds. The number of hydrogen-bond acceptors (Lipinski definition) is 4. The third-order valence-corrected chi connectivity index (χ3v) is 4.37. The second-order valence-electron chi connectivity index (χ2n) is 3.29. The first-order valence-electron chi connectivity index (χ1n) is 4.51. The monoisotopic (exact) mass is 335 g/mol. The van der Waals surface area contributed by atoms with E-state index in [-0.39, 0.29) is 10.9 Å². The number of H-pyrrole nitrogens is 1. The molecule has 0 radical (unpaired) electrons. The molecular formula is C9H7BrClN3O2S. The van der Waals surface area contributed by atoms with Gasteiger partial charge in [0.15, 0.2) is 0 Å². The number of sulfone groups is 1. The van der Waals surface area contributed by atoms with Gasteiger partial charge in [0.1, 0.15) is 6.33 Å². The first kappa shape index (κ1) is 12.5. The lowest BCUT2D eigenvalue weighted by Gasteiger charge is -2.04. The van der Waals surface area contributed by atoms with Crippen LogP contribution in [0.1, 0.15) is 5.56 Å². The summed E-state index contributed by atoms with van der Waals surface area (Å²) in [6.45, 7) is 0. The Kier molecular flexibility index (Phi) is 3.50. The second-order valence-corrected chi connectivity index (χ2v) is 6.51. The zero-order valence-corrected chi connectivity index (χ0v) is 11.6. The summed E-state index contributed by atoms with van der Waals surface area (Å²) in [5, 5.41) is 6.07. The van der Waals surface area contributed by atoms with Crippen LogP contribution in [0.25, 0.3) is 0 Å². The van der Waals surface area contributed by atoms with Gasteiger partial charge in [-0.2, -0.15) is 5.10 Å². The summed E-state index contributed by atoms with van der Waals surface area (Å²) in [6.07, 6.45) is 1.15. The predicted octanol–water partition coefficient (Wildman–Crippen LogP) is 2.19. The summed E-state index contributed by atoms with van der Waals surface area (Å²) in [7, 11) is -3.53. The maximum atomic E-state index is 11.9. The number of halogens is 2. The largest absolute Gasteiger partial charge is 0.250 e. The summed E-state index contributed by atoms with van der Waals surface area (Å²) >= 11 is 9.21. The molecule has 8 heteroatoms. The Hall–Kier alpha value is -0.920. The van der Waals surface area contributed by atoms with E-state index in [1.54, 1.807) is 18.2 Å². The molecule has 0 aliphatic heterocycles. The van der Waals surface area contributed by atoms with Gasteiger partial charge in [-0.25, -0.2) is 13.4 Å². The molecule has 0 atom stereocenters. The molecule has 0 saturated carbocycles. The van der Waals surface area contributed by atoms with Gasteiger partial charge in [-0.05, 0) is 17.7 Å². The highest BCUT2D eigenvalue weighted by molar-refractivity contribution is 9.10. The van der Waals surface area contributed by atoms with Gasteiger partial charge in [0.05, 0.1) is 5.75 Å². The van der Waals surface area contributed by atoms with Gasteiger partial charge in [0.2, 0.25) is 15.0 Å². The van der Waals surface area contributed by atoms with Crippen LogP contribution in [0, 0.1) is 0 Å². The summed E-state index contributed by atoms with van der Waals surface area (Å²) in [5.74, 6) is -0.214. The maximum absolute atomic E-state index is 11.9. The molecule has 2 aromatic rings. The zero-order valence-electron chi connectivity index (χ0n) is 8.39. The van der Waals surface area contributed by atoms with Gasteiger partial charge < -0.3 is 0 Å². The topological polar surface area (TPSA) is 75.7 Å². The van der Waals surface area contributed by atoms with E-state index in [9.17, 15) is 8.42 Å². The average Bonchev–Trinajstić information content (AvgIpc) is 2.76. The van der Waals surface area contributed by atoms with Crippen molar-refractivity contribution < 1.29 is 8.42 Å². The molecule has 1 aromatic carbocycles. The molecule has 0 fully saturated rings. The quantitative estimate of drug-likeness (QED) is 0.932. The third kappa shape index (κ3) is 2.85. The van der Waals surface area contributed by atoms with E-state index in [0.717, 1.165) is 10.8 Å². The number of aromatic nitrogens is 3. The summed E-state index contributed by atoms with van der Waals surface area (Å²) in [4.78, 5) is 3.62. The van der Waals surface area contributed by atoms with Crippen LogP contribution in [0.15, 0.2) is 34.2 Å². The minimum absolute atomic E-state index is 0.156. The molecule has 0 unspecified atom stereocenters.